The van der Waals surface area contributed by atoms with Crippen LogP contribution < -0.4 is 51.4 Å². The Hall–Kier alpha value is -5.49. The van der Waals surface area contributed by atoms with Crippen molar-refractivity contribution in [3.8, 4) is 11.5 Å². The number of alkyl carbamates (subject to hydrolysis) is 1. The molecule has 8 rings (SSSR count). The minimum absolute atomic E-state index is 0.00981. The fourth-order valence-corrected chi connectivity index (χ4v) is 13.1. The Morgan fingerprint density at radius 3 is 2.49 bits per heavy atom. The quantitative estimate of drug-likeness (QED) is 0.0222. The van der Waals surface area contributed by atoms with Gasteiger partial charge in [-0.25, -0.2) is 32.6 Å². The van der Waals surface area contributed by atoms with Crippen LogP contribution in [-0.4, -0.2) is 133 Å². The van der Waals surface area contributed by atoms with E-state index in [0.29, 0.717) is 52.3 Å². The van der Waals surface area contributed by atoms with E-state index in [1.165, 1.54) is 17.9 Å². The molecule has 2 aromatic heterocycles. The Labute approximate surface area is 425 Å². The molecule has 2 unspecified atom stereocenters. The molecule has 4 aliphatic heterocycles. The minimum Gasteiger partial charge on any atom is -0.452 e. The molecule has 0 aliphatic carbocycles. The fourth-order valence-electron chi connectivity index (χ4n) is 9.40. The van der Waals surface area contributed by atoms with E-state index in [1.807, 2.05) is 30.9 Å². The maximum absolute atomic E-state index is 13.2. The van der Waals surface area contributed by atoms with Crippen LogP contribution >= 0.6 is 23.5 Å². The van der Waals surface area contributed by atoms with Crippen molar-refractivity contribution in [2.75, 3.05) is 55.7 Å². The third-order valence-corrected chi connectivity index (χ3v) is 16.9. The molecule has 1 fully saturated rings. The Balaban J connectivity index is 0.905. The number of anilines is 2. The van der Waals surface area contributed by atoms with Crippen LogP contribution in [0.15, 0.2) is 46.5 Å². The van der Waals surface area contributed by atoms with Crippen LogP contribution in [0.2, 0.25) is 0 Å². The lowest BCUT2D eigenvalue weighted by Crippen LogP contribution is -2.49. The van der Waals surface area contributed by atoms with Crippen molar-refractivity contribution in [3.05, 3.63) is 68.9 Å². The second-order valence-corrected chi connectivity index (χ2v) is 24.2. The first-order chi connectivity index (χ1) is 35.0. The normalized spacial score (nSPS) is 21.5. The number of nitrogens with two attached hydrogens (primary N) is 1. The van der Waals surface area contributed by atoms with E-state index in [-0.39, 0.29) is 36.6 Å². The molecule has 11 N–H and O–H groups in total. The summed E-state index contributed by atoms with van der Waals surface area (Å²) in [7, 11) is -20.3. The number of rotatable bonds is 19. The molecule has 1 saturated heterocycles. The topological polar surface area (TPSA) is 419 Å². The van der Waals surface area contributed by atoms with Crippen molar-refractivity contribution < 1.29 is 92.9 Å². The molecular formula is C41H55N10O20P3S+2. The molecule has 2 aromatic carbocycles. The summed E-state index contributed by atoms with van der Waals surface area (Å²) in [6.45, 7) is 6.42. The first kappa shape index (κ1) is 55.7. The number of hydrogen-bond donors (Lipinski definition) is 10. The van der Waals surface area contributed by atoms with Crippen molar-refractivity contribution in [3.63, 3.8) is 0 Å². The number of ether oxygens (including phenoxy) is 3. The molecule has 4 aliphatic rings. The third kappa shape index (κ3) is 12.9. The van der Waals surface area contributed by atoms with E-state index >= 15 is 0 Å². The van der Waals surface area contributed by atoms with Crippen molar-refractivity contribution in [1.82, 2.24) is 29.7 Å². The fraction of sp³-hybridized carbons (Fsp3) is 0.488. The minimum atomic E-state index is -5.91. The number of H-pyrrole nitrogens is 1. The molecule has 4 aromatic rings. The highest BCUT2D eigenvalue weighted by molar-refractivity contribution is 7.86. The number of fused-ring (bicyclic) bond motifs is 5. The summed E-state index contributed by atoms with van der Waals surface area (Å²) in [6, 6.07) is 7.54. The number of nitrogens with one attached hydrogen (secondary N) is 3. The van der Waals surface area contributed by atoms with Gasteiger partial charge >= 0.3 is 35.2 Å². The van der Waals surface area contributed by atoms with Gasteiger partial charge in [0.15, 0.2) is 23.9 Å². The van der Waals surface area contributed by atoms with Crippen LogP contribution in [0.1, 0.15) is 57.4 Å². The van der Waals surface area contributed by atoms with Gasteiger partial charge in [0.2, 0.25) is 23.0 Å². The van der Waals surface area contributed by atoms with Gasteiger partial charge in [-0.1, -0.05) is 11.1 Å². The number of aliphatic hydroxyl groups excluding tert-OH is 1. The van der Waals surface area contributed by atoms with E-state index in [9.17, 15) is 55.9 Å². The van der Waals surface area contributed by atoms with Crippen molar-refractivity contribution in [2.45, 2.75) is 76.5 Å². The molecule has 6 heterocycles. The van der Waals surface area contributed by atoms with E-state index < -0.39 is 93.6 Å². The Morgan fingerprint density at radius 2 is 1.79 bits per heavy atom. The number of imidazole rings is 1. The predicted octanol–water partition coefficient (Wildman–Crippen LogP) is -0.192. The molecule has 0 bridgehead atoms. The maximum Gasteiger partial charge on any atom is 0.490 e. The highest BCUT2D eigenvalue weighted by atomic mass is 32.2. The zero-order chi connectivity index (χ0) is 54.6. The summed E-state index contributed by atoms with van der Waals surface area (Å²) < 4.78 is 104. The zero-order valence-electron chi connectivity index (χ0n) is 40.5. The van der Waals surface area contributed by atoms with Crippen LogP contribution in [0.25, 0.3) is 16.7 Å². The largest absolute Gasteiger partial charge is 0.490 e. The molecule has 6 atom stereocenters. The Bertz CT molecular complexity index is 3460. The number of carbonyl (C=O) groups is 2. The summed E-state index contributed by atoms with van der Waals surface area (Å²) in [5, 5.41) is 18.1. The number of phosphoric ester groups is 1. The summed E-state index contributed by atoms with van der Waals surface area (Å²) in [6.07, 6.45) is -2.89. The number of aromatic nitrogens is 4. The second-order valence-electron chi connectivity index (χ2n) is 18.3. The van der Waals surface area contributed by atoms with E-state index in [2.05, 4.69) is 45.2 Å². The van der Waals surface area contributed by atoms with Gasteiger partial charge in [-0.2, -0.15) is 17.0 Å². The smallest absolute Gasteiger partial charge is 0.452 e. The summed E-state index contributed by atoms with van der Waals surface area (Å²) >= 11 is 0. The van der Waals surface area contributed by atoms with Crippen LogP contribution in [0.5, 0.6) is 11.5 Å². The number of nitrogens with zero attached hydrogens (tertiary/aromatic N) is 6. The van der Waals surface area contributed by atoms with Gasteiger partial charge in [-0.05, 0) is 51.3 Å². The average molecular weight is 1130 g/mol. The average Bonchev–Trinajstić information content (AvgIpc) is 3.78. The van der Waals surface area contributed by atoms with Crippen molar-refractivity contribution >= 4 is 79.6 Å². The molecular weight excluding hydrogens is 1080 g/mol. The van der Waals surface area contributed by atoms with Crippen LogP contribution in [0.4, 0.5) is 22.1 Å². The van der Waals surface area contributed by atoms with Crippen LogP contribution in [0.3, 0.4) is 0 Å². The number of aliphatic hydroxyl groups is 1. The number of aromatic amines is 1. The number of benzene rings is 2. The molecule has 0 radical (unpaired) electrons. The highest BCUT2D eigenvalue weighted by Gasteiger charge is 2.52. The first-order valence-electron chi connectivity index (χ1n) is 23.0. The lowest BCUT2D eigenvalue weighted by Gasteiger charge is -2.44. The van der Waals surface area contributed by atoms with Crippen LogP contribution in [0, 0.1) is 0 Å². The van der Waals surface area contributed by atoms with Gasteiger partial charge in [-0.3, -0.25) is 28.2 Å². The summed E-state index contributed by atoms with van der Waals surface area (Å²) in [5.74, 6) is -0.358. The summed E-state index contributed by atoms with van der Waals surface area (Å²) in [5.41, 5.74) is 7.22. The van der Waals surface area contributed by atoms with E-state index in [0.717, 1.165) is 41.4 Å². The second kappa shape index (κ2) is 21.1. The first-order valence-corrected chi connectivity index (χ1v) is 29.2. The lowest BCUT2D eigenvalue weighted by atomic mass is 9.88. The van der Waals surface area contributed by atoms with Gasteiger partial charge < -0.3 is 60.2 Å². The van der Waals surface area contributed by atoms with Gasteiger partial charge in [0.05, 0.1) is 25.3 Å². The number of carbonyl (C=O) groups excluding carboxylic acids is 2. The van der Waals surface area contributed by atoms with Gasteiger partial charge in [0.1, 0.15) is 42.1 Å². The molecule has 0 saturated carbocycles. The number of nitrogen functional groups attached to an aromatic ring is 1. The van der Waals surface area contributed by atoms with Crippen molar-refractivity contribution in [2.24, 2.45) is 12.0 Å². The summed E-state index contributed by atoms with van der Waals surface area (Å²) in [4.78, 5) is 89.7. The molecule has 34 heteroatoms. The number of amides is 2. The maximum atomic E-state index is 13.2. The van der Waals surface area contributed by atoms with Crippen LogP contribution in [-0.2, 0) is 64.7 Å². The molecule has 0 spiro atoms. The van der Waals surface area contributed by atoms with Gasteiger partial charge in [0.25, 0.3) is 21.6 Å². The predicted molar refractivity (Wildman–Crippen MR) is 260 cm³/mol. The van der Waals surface area contributed by atoms with Crippen molar-refractivity contribution in [1.29, 1.82) is 0 Å². The Kier molecular flexibility index (Phi) is 15.7. The highest BCUT2D eigenvalue weighted by Crippen LogP contribution is 2.66. The van der Waals surface area contributed by atoms with E-state index in [1.54, 1.807) is 18.2 Å². The zero-order valence-corrected chi connectivity index (χ0v) is 44.0. The third-order valence-electron chi connectivity index (χ3n) is 12.4. The SMILES string of the molecule is CC[N+]1=c2cc3c(cc2CCC1)=Nc1cc2c(cc1O3)N(CCCC(=O)NCCNC(=O)O[C@@H]1[C@H](O)[C@@H](COP(=O)(O)OP(=O)(O)OP(=O)(O)O)O[C@H]1[n+]1cn(C)c3c(=O)[nH]c(N)nc31)C(C)(C)C=C2CS(=O)(=O)O. The van der Waals surface area contributed by atoms with Gasteiger partial charge in [0, 0.05) is 55.4 Å². The lowest BCUT2D eigenvalue weighted by molar-refractivity contribution is -0.745. The number of aryl methyl sites for hydroxylation is 2. The van der Waals surface area contributed by atoms with Gasteiger partial charge in [-0.15, -0.1) is 0 Å². The standard InChI is InChI=1S/C41H53N10O20P3S/c1-5-49-12-6-8-22-14-25-29(16-27(22)49)67-30-17-28-24(15-26(30)45-25)23(20-75(63,64)65)18-41(2,3)51(28)13-7-9-32(52)43-10-11-44-40(55)69-35-34(53)31(19-66-73(59,60)71-74(61,62)70-72(56,57)58)68-38(35)50-21-48(4)33-36(50)46-39(42)47-37(33)54/h14-18,21,31,34-35,38,53H,5-13,19-20H2,1-4H3,(H8-2,42,43,44,46,47,52,54,55,56,57,58,59,60,61,62,63,64,65)/p+2/t31-,34-,35-,38-/m1/s1. The number of phosphoric acid groups is 3. The molecule has 2 amide bonds. The monoisotopic (exact) mass is 1130 g/mol. The number of hydrogen-bond acceptors (Lipinski definition) is 19. The molecule has 75 heavy (non-hydrogen) atoms. The Morgan fingerprint density at radius 1 is 1.05 bits per heavy atom. The molecule has 30 nitrogen and oxygen atoms in total. The molecule has 408 valence electrons. The van der Waals surface area contributed by atoms with E-state index in [4.69, 9.17) is 34.7 Å².